The molecule has 150 valence electrons. The first-order valence-electron chi connectivity index (χ1n) is 8.39. The monoisotopic (exact) mass is 389 g/mol. The summed E-state index contributed by atoms with van der Waals surface area (Å²) in [6.45, 7) is 6.18. The van der Waals surface area contributed by atoms with Gasteiger partial charge in [0.1, 0.15) is 18.0 Å². The fourth-order valence-corrected chi connectivity index (χ4v) is 1.95. The number of hydrogen-bond donors (Lipinski definition) is 3. The van der Waals surface area contributed by atoms with Crippen molar-refractivity contribution < 1.29 is 28.9 Å². The van der Waals surface area contributed by atoms with Crippen molar-refractivity contribution in [3.8, 4) is 0 Å². The van der Waals surface area contributed by atoms with Crippen LogP contribution < -0.4 is 5.32 Å². The average Bonchev–Trinajstić information content (AvgIpc) is 2.69. The summed E-state index contributed by atoms with van der Waals surface area (Å²) < 4.78 is 4.99. The predicted octanol–water partition coefficient (Wildman–Crippen LogP) is 1.96. The molecule has 1 aromatic rings. The summed E-state index contributed by atoms with van der Waals surface area (Å²) in [6, 6.07) is 4.43. The van der Waals surface area contributed by atoms with E-state index in [9.17, 15) is 14.4 Å². The van der Waals surface area contributed by atoms with E-state index in [0.29, 0.717) is 31.2 Å². The van der Waals surface area contributed by atoms with Crippen LogP contribution >= 0.6 is 0 Å². The number of rotatable bonds is 13. The van der Waals surface area contributed by atoms with Crippen molar-refractivity contribution in [1.29, 1.82) is 10.8 Å². The highest BCUT2D eigenvalue weighted by Crippen LogP contribution is 2.11. The number of alkyl carbamates (subject to hydrolysis) is 1. The van der Waals surface area contributed by atoms with Gasteiger partial charge < -0.3 is 10.1 Å². The number of hydrogen-bond acceptors (Lipinski definition) is 8. The van der Waals surface area contributed by atoms with Crippen LogP contribution in [0, 0.1) is 10.8 Å². The van der Waals surface area contributed by atoms with Crippen molar-refractivity contribution in [2.45, 2.75) is 19.9 Å². The molecule has 1 amide bonds. The smallest absolute Gasteiger partial charge is 0.407 e. The molecule has 9 nitrogen and oxygen atoms in total. The number of ether oxygens (including phenoxy) is 1. The van der Waals surface area contributed by atoms with Gasteiger partial charge in [-0.1, -0.05) is 12.2 Å². The summed E-state index contributed by atoms with van der Waals surface area (Å²) in [5, 5.41) is 17.7. The van der Waals surface area contributed by atoms with E-state index in [4.69, 9.17) is 25.3 Å². The molecule has 1 aromatic carbocycles. The maximum Gasteiger partial charge on any atom is 0.407 e. The van der Waals surface area contributed by atoms with Crippen LogP contribution in [0.15, 0.2) is 30.4 Å². The SMILES string of the molecule is C=C(C)COOCCCOC(=O)NCc1cc(C(=N)C=O)cc(C(=N)C=O)c1. The van der Waals surface area contributed by atoms with Gasteiger partial charge in [-0.05, 0) is 30.7 Å². The molecule has 3 N–H and O–H groups in total. The molecule has 0 spiro atoms. The number of carbonyl (C=O) groups is 3. The van der Waals surface area contributed by atoms with Crippen LogP contribution in [0.3, 0.4) is 0 Å². The summed E-state index contributed by atoms with van der Waals surface area (Å²) >= 11 is 0. The Morgan fingerprint density at radius 2 is 1.68 bits per heavy atom. The van der Waals surface area contributed by atoms with E-state index < -0.39 is 6.09 Å². The number of amides is 1. The average molecular weight is 389 g/mol. The first-order chi connectivity index (χ1) is 13.4. The van der Waals surface area contributed by atoms with Crippen LogP contribution in [0.5, 0.6) is 0 Å². The second kappa shape index (κ2) is 12.3. The Kier molecular flexibility index (Phi) is 10.0. The number of carbonyl (C=O) groups excluding carboxylic acids is 3. The normalized spacial score (nSPS) is 10.0. The van der Waals surface area contributed by atoms with Gasteiger partial charge in [-0.25, -0.2) is 14.6 Å². The molecule has 1 rings (SSSR count). The van der Waals surface area contributed by atoms with Crippen molar-refractivity contribution in [2.75, 3.05) is 19.8 Å². The molecule has 0 aliphatic carbocycles. The van der Waals surface area contributed by atoms with E-state index in [0.717, 1.165) is 5.57 Å². The van der Waals surface area contributed by atoms with E-state index >= 15 is 0 Å². The Labute approximate surface area is 162 Å². The number of benzene rings is 1. The Morgan fingerprint density at radius 1 is 1.07 bits per heavy atom. The van der Waals surface area contributed by atoms with Gasteiger partial charge in [-0.2, -0.15) is 0 Å². The first-order valence-corrected chi connectivity index (χ1v) is 8.39. The highest BCUT2D eigenvalue weighted by Gasteiger charge is 2.10. The maximum absolute atomic E-state index is 11.7. The molecule has 0 bridgehead atoms. The zero-order chi connectivity index (χ0) is 20.9. The molecule has 0 radical (unpaired) electrons. The quantitative estimate of drug-likeness (QED) is 0.118. The van der Waals surface area contributed by atoms with Gasteiger partial charge in [0.25, 0.3) is 0 Å². The molecule has 0 saturated carbocycles. The molecule has 0 unspecified atom stereocenters. The van der Waals surface area contributed by atoms with Gasteiger partial charge in [0.05, 0.1) is 13.2 Å². The second-order valence-corrected chi connectivity index (χ2v) is 5.87. The Bertz CT molecular complexity index is 722. The van der Waals surface area contributed by atoms with Crippen molar-refractivity contribution in [3.63, 3.8) is 0 Å². The third-order valence-corrected chi connectivity index (χ3v) is 3.28. The molecule has 28 heavy (non-hydrogen) atoms. The number of aldehydes is 2. The summed E-state index contributed by atoms with van der Waals surface area (Å²) in [6.07, 6.45) is 0.496. The van der Waals surface area contributed by atoms with Crippen LogP contribution in [0.2, 0.25) is 0 Å². The topological polar surface area (TPSA) is 139 Å². The fraction of sp³-hybridized carbons (Fsp3) is 0.316. The van der Waals surface area contributed by atoms with Crippen LogP contribution in [0.4, 0.5) is 4.79 Å². The molecule has 9 heteroatoms. The standard InChI is InChI=1S/C19H23N3O6/c1-13(2)12-28-27-5-3-4-26-19(25)22-9-14-6-15(17(20)10-23)8-16(7-14)18(21)11-24/h6-8,10-11,20-21H,1,3-5,9,12H2,2H3,(H,22,25). The van der Waals surface area contributed by atoms with Crippen LogP contribution in [0.25, 0.3) is 0 Å². The summed E-state index contributed by atoms with van der Waals surface area (Å²) in [7, 11) is 0. The van der Waals surface area contributed by atoms with Crippen molar-refractivity contribution in [1.82, 2.24) is 5.32 Å². The molecule has 0 aliphatic heterocycles. The maximum atomic E-state index is 11.7. The predicted molar refractivity (Wildman–Crippen MR) is 102 cm³/mol. The number of nitrogens with one attached hydrogen (secondary N) is 3. The summed E-state index contributed by atoms with van der Waals surface area (Å²) in [5.74, 6) is 0. The van der Waals surface area contributed by atoms with Gasteiger partial charge in [-0.3, -0.25) is 20.4 Å². The highest BCUT2D eigenvalue weighted by atomic mass is 17.2. The minimum Gasteiger partial charge on any atom is -0.449 e. The van der Waals surface area contributed by atoms with Gasteiger partial charge in [0.2, 0.25) is 0 Å². The molecular formula is C19H23N3O6. The first kappa shape index (κ1) is 22.9. The van der Waals surface area contributed by atoms with Gasteiger partial charge in [0.15, 0.2) is 12.6 Å². The molecule has 0 aromatic heterocycles. The lowest BCUT2D eigenvalue weighted by atomic mass is 10.0. The Balaban J connectivity index is 2.50. The van der Waals surface area contributed by atoms with Gasteiger partial charge in [-0.15, -0.1) is 0 Å². The summed E-state index contributed by atoms with van der Waals surface area (Å²) in [5.41, 5.74) is 1.25. The van der Waals surface area contributed by atoms with E-state index in [1.807, 2.05) is 0 Å². The van der Waals surface area contributed by atoms with Gasteiger partial charge >= 0.3 is 6.09 Å². The molecule has 0 aliphatic rings. The lowest BCUT2D eigenvalue weighted by molar-refractivity contribution is -0.288. The lowest BCUT2D eigenvalue weighted by Gasteiger charge is -2.10. The minimum absolute atomic E-state index is 0.0379. The zero-order valence-corrected chi connectivity index (χ0v) is 15.6. The molecular weight excluding hydrogens is 366 g/mol. The second-order valence-electron chi connectivity index (χ2n) is 5.87. The van der Waals surface area contributed by atoms with E-state index in [1.165, 1.54) is 18.2 Å². The molecule has 0 atom stereocenters. The zero-order valence-electron chi connectivity index (χ0n) is 15.6. The van der Waals surface area contributed by atoms with Crippen LogP contribution in [-0.4, -0.2) is 49.9 Å². The van der Waals surface area contributed by atoms with Crippen molar-refractivity contribution in [2.24, 2.45) is 0 Å². The van der Waals surface area contributed by atoms with Gasteiger partial charge in [0, 0.05) is 24.1 Å². The molecule has 0 heterocycles. The lowest BCUT2D eigenvalue weighted by Crippen LogP contribution is -2.24. The van der Waals surface area contributed by atoms with E-state index in [2.05, 4.69) is 11.9 Å². The summed E-state index contributed by atoms with van der Waals surface area (Å²) in [4.78, 5) is 43.1. The van der Waals surface area contributed by atoms with Crippen molar-refractivity contribution >= 4 is 30.1 Å². The Morgan fingerprint density at radius 3 is 2.21 bits per heavy atom. The third-order valence-electron chi connectivity index (χ3n) is 3.28. The largest absolute Gasteiger partial charge is 0.449 e. The fourth-order valence-electron chi connectivity index (χ4n) is 1.95. The third kappa shape index (κ3) is 8.47. The molecule has 0 fully saturated rings. The highest BCUT2D eigenvalue weighted by molar-refractivity contribution is 6.37. The van der Waals surface area contributed by atoms with E-state index in [-0.39, 0.29) is 42.3 Å². The van der Waals surface area contributed by atoms with Crippen LogP contribution in [0.1, 0.15) is 30.0 Å². The van der Waals surface area contributed by atoms with Crippen LogP contribution in [-0.2, 0) is 30.6 Å². The van der Waals surface area contributed by atoms with Crippen molar-refractivity contribution in [3.05, 3.63) is 47.0 Å². The van der Waals surface area contributed by atoms with E-state index in [1.54, 1.807) is 6.92 Å². The minimum atomic E-state index is -0.661. The Hall–Kier alpha value is -3.17. The molecule has 0 saturated heterocycles.